The molecular weight excluding hydrogens is 300 g/mol. The molecule has 0 bridgehead atoms. The maximum absolute atomic E-state index is 5.40. The van der Waals surface area contributed by atoms with E-state index in [1.165, 1.54) is 18.4 Å². The first-order valence-corrected chi connectivity index (χ1v) is 8.70. The van der Waals surface area contributed by atoms with E-state index in [4.69, 9.17) is 4.74 Å². The van der Waals surface area contributed by atoms with Crippen LogP contribution in [0.5, 0.6) is 5.75 Å². The lowest BCUT2D eigenvalue weighted by Crippen LogP contribution is -2.35. The van der Waals surface area contributed by atoms with Gasteiger partial charge in [-0.3, -0.25) is 0 Å². The van der Waals surface area contributed by atoms with Crippen LogP contribution in [-0.2, 0) is 6.42 Å². The molecule has 1 aliphatic heterocycles. The molecule has 128 valence electrons. The maximum atomic E-state index is 5.40. The molecule has 1 N–H and O–H groups in total. The average Bonchev–Trinajstić information content (AvgIpc) is 2.62. The first-order valence-electron chi connectivity index (χ1n) is 8.70. The molecule has 3 rings (SSSR count). The summed E-state index contributed by atoms with van der Waals surface area (Å²) in [6, 6.07) is 10.1. The third-order valence-corrected chi connectivity index (χ3v) is 4.48. The van der Waals surface area contributed by atoms with Gasteiger partial charge in [-0.15, -0.1) is 0 Å². The Morgan fingerprint density at radius 3 is 3.00 bits per heavy atom. The summed E-state index contributed by atoms with van der Waals surface area (Å²) in [6.07, 6.45) is 5.25. The second-order valence-electron chi connectivity index (χ2n) is 6.42. The van der Waals surface area contributed by atoms with Gasteiger partial charge in [0.15, 0.2) is 0 Å². The fraction of sp³-hybridized carbons (Fsp3) is 0.474. The Balaban J connectivity index is 1.58. The van der Waals surface area contributed by atoms with Gasteiger partial charge >= 0.3 is 0 Å². The van der Waals surface area contributed by atoms with Gasteiger partial charge < -0.3 is 15.0 Å². The number of aromatic nitrogens is 2. The van der Waals surface area contributed by atoms with Gasteiger partial charge in [-0.1, -0.05) is 25.1 Å². The van der Waals surface area contributed by atoms with E-state index in [2.05, 4.69) is 33.2 Å². The molecule has 0 spiro atoms. The van der Waals surface area contributed by atoms with Gasteiger partial charge in [-0.25, -0.2) is 4.98 Å². The van der Waals surface area contributed by atoms with Crippen LogP contribution in [0.3, 0.4) is 0 Å². The van der Waals surface area contributed by atoms with E-state index in [-0.39, 0.29) is 0 Å². The molecule has 1 saturated heterocycles. The number of ether oxygens (including phenoxy) is 1. The molecule has 24 heavy (non-hydrogen) atoms. The maximum Gasteiger partial charge on any atom is 0.227 e. The number of nitrogens with one attached hydrogen (secondary N) is 1. The number of rotatable bonds is 6. The van der Waals surface area contributed by atoms with Crippen LogP contribution >= 0.6 is 0 Å². The van der Waals surface area contributed by atoms with Crippen LogP contribution in [0.15, 0.2) is 36.5 Å². The second-order valence-corrected chi connectivity index (χ2v) is 6.42. The highest BCUT2D eigenvalue weighted by Gasteiger charge is 2.18. The molecule has 1 aromatic carbocycles. The largest absolute Gasteiger partial charge is 0.496 e. The Kier molecular flexibility index (Phi) is 5.51. The van der Waals surface area contributed by atoms with Crippen LogP contribution in [0, 0.1) is 5.92 Å². The third kappa shape index (κ3) is 4.16. The van der Waals surface area contributed by atoms with Gasteiger partial charge in [-0.2, -0.15) is 4.98 Å². The molecule has 1 atom stereocenters. The van der Waals surface area contributed by atoms with Crippen LogP contribution < -0.4 is 15.0 Å². The lowest BCUT2D eigenvalue weighted by molar-refractivity contribution is 0.410. The van der Waals surface area contributed by atoms with Crippen LogP contribution in [0.1, 0.15) is 25.3 Å². The first-order chi connectivity index (χ1) is 11.8. The fourth-order valence-corrected chi connectivity index (χ4v) is 3.21. The normalized spacial score (nSPS) is 17.6. The van der Waals surface area contributed by atoms with Crippen molar-refractivity contribution < 1.29 is 4.74 Å². The SMILES string of the molecule is COc1ccccc1CCNc1ccnc(N2CCCC(C)C2)n1. The fourth-order valence-electron chi connectivity index (χ4n) is 3.21. The number of benzene rings is 1. The number of methoxy groups -OCH3 is 1. The van der Waals surface area contributed by atoms with Crippen molar-refractivity contribution in [2.24, 2.45) is 5.92 Å². The van der Waals surface area contributed by atoms with Crippen molar-refractivity contribution in [2.75, 3.05) is 37.0 Å². The quantitative estimate of drug-likeness (QED) is 0.882. The summed E-state index contributed by atoms with van der Waals surface area (Å²) in [7, 11) is 1.71. The van der Waals surface area contributed by atoms with Gasteiger partial charge in [0.25, 0.3) is 0 Å². The molecule has 1 unspecified atom stereocenters. The highest BCUT2D eigenvalue weighted by atomic mass is 16.5. The Labute approximate surface area is 144 Å². The summed E-state index contributed by atoms with van der Waals surface area (Å²) >= 11 is 0. The number of anilines is 2. The van der Waals surface area contributed by atoms with Gasteiger partial charge in [0.05, 0.1) is 7.11 Å². The van der Waals surface area contributed by atoms with E-state index in [0.29, 0.717) is 5.92 Å². The van der Waals surface area contributed by atoms with E-state index in [1.54, 1.807) is 7.11 Å². The van der Waals surface area contributed by atoms with Crippen molar-refractivity contribution >= 4 is 11.8 Å². The van der Waals surface area contributed by atoms with Crippen LogP contribution in [-0.4, -0.2) is 36.7 Å². The standard InChI is InChI=1S/C19H26N4O/c1-15-6-5-13-23(14-15)19-21-12-10-18(22-19)20-11-9-16-7-3-4-8-17(16)24-2/h3-4,7-8,10,12,15H,5-6,9,11,13-14H2,1-2H3,(H,20,21,22). The summed E-state index contributed by atoms with van der Waals surface area (Å²) in [4.78, 5) is 11.4. The topological polar surface area (TPSA) is 50.3 Å². The van der Waals surface area contributed by atoms with Crippen molar-refractivity contribution in [3.8, 4) is 5.75 Å². The van der Waals surface area contributed by atoms with Crippen LogP contribution in [0.2, 0.25) is 0 Å². The van der Waals surface area contributed by atoms with Gasteiger partial charge in [0, 0.05) is 25.8 Å². The zero-order chi connectivity index (χ0) is 16.8. The van der Waals surface area contributed by atoms with Gasteiger partial charge in [0.1, 0.15) is 11.6 Å². The van der Waals surface area contributed by atoms with Crippen molar-refractivity contribution in [1.29, 1.82) is 0 Å². The Morgan fingerprint density at radius 2 is 2.17 bits per heavy atom. The summed E-state index contributed by atoms with van der Waals surface area (Å²) < 4.78 is 5.40. The number of piperidine rings is 1. The summed E-state index contributed by atoms with van der Waals surface area (Å²) in [5, 5.41) is 3.40. The second kappa shape index (κ2) is 7.99. The molecule has 0 amide bonds. The lowest BCUT2D eigenvalue weighted by Gasteiger charge is -2.30. The minimum atomic E-state index is 0.713. The highest BCUT2D eigenvalue weighted by molar-refractivity contribution is 5.42. The predicted octanol–water partition coefficient (Wildman–Crippen LogP) is 3.38. The van der Waals surface area contributed by atoms with E-state index in [9.17, 15) is 0 Å². The molecule has 5 nitrogen and oxygen atoms in total. The number of para-hydroxylation sites is 1. The summed E-state index contributed by atoms with van der Waals surface area (Å²) in [5.74, 6) is 3.37. The number of hydrogen-bond acceptors (Lipinski definition) is 5. The van der Waals surface area contributed by atoms with Crippen molar-refractivity contribution in [3.63, 3.8) is 0 Å². The van der Waals surface area contributed by atoms with Gasteiger partial charge in [-0.05, 0) is 42.9 Å². The van der Waals surface area contributed by atoms with E-state index in [1.807, 2.05) is 30.5 Å². The Bertz CT molecular complexity index is 661. The summed E-state index contributed by atoms with van der Waals surface area (Å²) in [5.41, 5.74) is 1.20. The molecule has 1 aliphatic rings. The molecule has 0 radical (unpaired) electrons. The minimum absolute atomic E-state index is 0.713. The molecule has 5 heteroatoms. The molecule has 2 aromatic rings. The minimum Gasteiger partial charge on any atom is -0.496 e. The third-order valence-electron chi connectivity index (χ3n) is 4.48. The van der Waals surface area contributed by atoms with Gasteiger partial charge in [0.2, 0.25) is 5.95 Å². The molecule has 2 heterocycles. The first kappa shape index (κ1) is 16.6. The zero-order valence-corrected chi connectivity index (χ0v) is 14.5. The van der Waals surface area contributed by atoms with E-state index < -0.39 is 0 Å². The lowest BCUT2D eigenvalue weighted by atomic mass is 10.0. The number of hydrogen-bond donors (Lipinski definition) is 1. The average molecular weight is 326 g/mol. The Morgan fingerprint density at radius 1 is 1.29 bits per heavy atom. The number of nitrogens with zero attached hydrogens (tertiary/aromatic N) is 3. The zero-order valence-electron chi connectivity index (χ0n) is 14.5. The van der Waals surface area contributed by atoms with Crippen LogP contribution in [0.25, 0.3) is 0 Å². The molecule has 1 fully saturated rings. The van der Waals surface area contributed by atoms with E-state index >= 15 is 0 Å². The Hall–Kier alpha value is -2.30. The summed E-state index contributed by atoms with van der Waals surface area (Å²) in [6.45, 7) is 5.20. The van der Waals surface area contributed by atoms with Crippen LogP contribution in [0.4, 0.5) is 11.8 Å². The highest BCUT2D eigenvalue weighted by Crippen LogP contribution is 2.21. The molecule has 1 aromatic heterocycles. The molecular formula is C19H26N4O. The van der Waals surface area contributed by atoms with Crippen molar-refractivity contribution in [2.45, 2.75) is 26.2 Å². The smallest absolute Gasteiger partial charge is 0.227 e. The van der Waals surface area contributed by atoms with Crippen molar-refractivity contribution in [1.82, 2.24) is 9.97 Å². The molecule has 0 saturated carbocycles. The predicted molar refractivity (Wildman–Crippen MR) is 97.8 cm³/mol. The van der Waals surface area contributed by atoms with Crippen molar-refractivity contribution in [3.05, 3.63) is 42.1 Å². The molecule has 0 aliphatic carbocycles. The van der Waals surface area contributed by atoms with E-state index in [0.717, 1.165) is 43.6 Å². The monoisotopic (exact) mass is 326 g/mol.